The molecule has 0 aromatic heterocycles. The Balaban J connectivity index is 1.94. The van der Waals surface area contributed by atoms with Crippen LogP contribution in [0.15, 0.2) is 24.3 Å². The molecule has 6 nitrogen and oxygen atoms in total. The van der Waals surface area contributed by atoms with E-state index in [1.54, 1.807) is 23.1 Å². The highest BCUT2D eigenvalue weighted by Gasteiger charge is 2.18. The van der Waals surface area contributed by atoms with E-state index in [0.29, 0.717) is 44.7 Å². The molecule has 102 valence electrons. The average Bonchev–Trinajstić information content (AvgIpc) is 2.46. The third kappa shape index (κ3) is 3.51. The van der Waals surface area contributed by atoms with E-state index < -0.39 is 4.92 Å². The average molecular weight is 264 g/mol. The van der Waals surface area contributed by atoms with Gasteiger partial charge >= 0.3 is 0 Å². The summed E-state index contributed by atoms with van der Waals surface area (Å²) in [6, 6.07) is 6.55. The zero-order chi connectivity index (χ0) is 13.7. The molecule has 1 aliphatic heterocycles. The number of rotatable bonds is 4. The molecule has 1 amide bonds. The molecular weight excluding hydrogens is 248 g/mol. The molecule has 6 heteroatoms. The number of para-hydroxylation sites is 1. The fourth-order valence-electron chi connectivity index (χ4n) is 2.11. The second kappa shape index (κ2) is 6.29. The summed E-state index contributed by atoms with van der Waals surface area (Å²) in [7, 11) is 0. The van der Waals surface area contributed by atoms with Crippen molar-refractivity contribution in [3.05, 3.63) is 39.9 Å². The maximum Gasteiger partial charge on any atom is 0.272 e. The van der Waals surface area contributed by atoms with E-state index in [1.165, 1.54) is 6.07 Å². The second-order valence-electron chi connectivity index (χ2n) is 4.38. The van der Waals surface area contributed by atoms with Crippen molar-refractivity contribution < 1.29 is 14.5 Å². The lowest BCUT2D eigenvalue weighted by Crippen LogP contribution is -2.40. The minimum absolute atomic E-state index is 0.0291. The summed E-state index contributed by atoms with van der Waals surface area (Å²) in [5, 5.41) is 10.9. The molecule has 1 fully saturated rings. The lowest BCUT2D eigenvalue weighted by molar-refractivity contribution is -0.385. The van der Waals surface area contributed by atoms with Crippen LogP contribution < -0.4 is 0 Å². The molecule has 0 unspecified atom stereocenters. The number of ether oxygens (including phenoxy) is 1. The topological polar surface area (TPSA) is 72.7 Å². The highest BCUT2D eigenvalue weighted by atomic mass is 16.6. The molecule has 2 rings (SSSR count). The number of carbonyl (C=O) groups is 1. The van der Waals surface area contributed by atoms with E-state index in [1.807, 2.05) is 0 Å². The normalized spacial score (nSPS) is 15.3. The summed E-state index contributed by atoms with van der Waals surface area (Å²) in [6.45, 7) is 2.35. The summed E-state index contributed by atoms with van der Waals surface area (Å²) in [5.74, 6) is 0.0291. The number of aryl methyl sites for hydroxylation is 1. The van der Waals surface area contributed by atoms with Gasteiger partial charge in [-0.1, -0.05) is 18.2 Å². The molecule has 0 aliphatic carbocycles. The van der Waals surface area contributed by atoms with E-state index in [0.717, 1.165) is 0 Å². The quantitative estimate of drug-likeness (QED) is 0.608. The number of hydrogen-bond donors (Lipinski definition) is 0. The molecule has 19 heavy (non-hydrogen) atoms. The lowest BCUT2D eigenvalue weighted by Gasteiger charge is -2.26. The van der Waals surface area contributed by atoms with Crippen molar-refractivity contribution >= 4 is 11.6 Å². The predicted octanol–water partition coefficient (Wildman–Crippen LogP) is 1.39. The van der Waals surface area contributed by atoms with Crippen molar-refractivity contribution in [3.8, 4) is 0 Å². The standard InChI is InChI=1S/C13H16N2O4/c16-13(14-7-9-19-10-8-14)6-5-11-3-1-2-4-12(11)15(17)18/h1-4H,5-10H2. The number of carbonyl (C=O) groups excluding carboxylic acids is 1. The Labute approximate surface area is 111 Å². The first-order chi connectivity index (χ1) is 9.18. The van der Waals surface area contributed by atoms with Gasteiger partial charge in [0.05, 0.1) is 18.1 Å². The van der Waals surface area contributed by atoms with Crippen LogP contribution in [0.5, 0.6) is 0 Å². The van der Waals surface area contributed by atoms with E-state index in [2.05, 4.69) is 0 Å². The molecular formula is C13H16N2O4. The van der Waals surface area contributed by atoms with E-state index in [4.69, 9.17) is 4.74 Å². The van der Waals surface area contributed by atoms with Gasteiger partial charge in [-0.2, -0.15) is 0 Å². The van der Waals surface area contributed by atoms with Crippen molar-refractivity contribution in [1.82, 2.24) is 4.90 Å². The smallest absolute Gasteiger partial charge is 0.272 e. The summed E-state index contributed by atoms with van der Waals surface area (Å²) in [6.07, 6.45) is 0.693. The molecule has 1 saturated heterocycles. The van der Waals surface area contributed by atoms with E-state index in [-0.39, 0.29) is 11.6 Å². The first kappa shape index (κ1) is 13.5. The first-order valence-electron chi connectivity index (χ1n) is 6.26. The minimum Gasteiger partial charge on any atom is -0.378 e. The number of amides is 1. The molecule has 1 aromatic rings. The van der Waals surface area contributed by atoms with E-state index >= 15 is 0 Å². The summed E-state index contributed by atoms with van der Waals surface area (Å²) < 4.78 is 5.18. The summed E-state index contributed by atoms with van der Waals surface area (Å²) in [4.78, 5) is 24.2. The minimum atomic E-state index is -0.408. The third-order valence-electron chi connectivity index (χ3n) is 3.16. The first-order valence-corrected chi connectivity index (χ1v) is 6.26. The Bertz CT molecular complexity index is 469. The van der Waals surface area contributed by atoms with Gasteiger partial charge in [-0.05, 0) is 6.42 Å². The Morgan fingerprint density at radius 3 is 2.68 bits per heavy atom. The number of nitrogens with zero attached hydrogens (tertiary/aromatic N) is 2. The van der Waals surface area contributed by atoms with Crippen LogP contribution in [0.1, 0.15) is 12.0 Å². The highest BCUT2D eigenvalue weighted by Crippen LogP contribution is 2.19. The van der Waals surface area contributed by atoms with Crippen LogP contribution in [0.3, 0.4) is 0 Å². The van der Waals surface area contributed by atoms with Gasteiger partial charge in [0.1, 0.15) is 0 Å². The Morgan fingerprint density at radius 1 is 1.32 bits per heavy atom. The van der Waals surface area contributed by atoms with Crippen LogP contribution in [-0.4, -0.2) is 42.0 Å². The van der Waals surface area contributed by atoms with Crippen LogP contribution in [0.25, 0.3) is 0 Å². The van der Waals surface area contributed by atoms with Gasteiger partial charge in [0.25, 0.3) is 5.69 Å². The van der Waals surface area contributed by atoms with Gasteiger partial charge in [-0.25, -0.2) is 0 Å². The van der Waals surface area contributed by atoms with Gasteiger partial charge in [-0.15, -0.1) is 0 Å². The van der Waals surface area contributed by atoms with Crippen LogP contribution in [0.4, 0.5) is 5.69 Å². The third-order valence-corrected chi connectivity index (χ3v) is 3.16. The van der Waals surface area contributed by atoms with Crippen LogP contribution in [-0.2, 0) is 16.0 Å². The summed E-state index contributed by atoms with van der Waals surface area (Å²) >= 11 is 0. The van der Waals surface area contributed by atoms with Crippen LogP contribution in [0.2, 0.25) is 0 Å². The van der Waals surface area contributed by atoms with Gasteiger partial charge in [0, 0.05) is 31.1 Å². The van der Waals surface area contributed by atoms with Crippen LogP contribution in [0, 0.1) is 10.1 Å². The number of nitro groups is 1. The molecule has 1 heterocycles. The largest absolute Gasteiger partial charge is 0.378 e. The number of benzene rings is 1. The van der Waals surface area contributed by atoms with Gasteiger partial charge in [0.2, 0.25) is 5.91 Å². The molecule has 0 bridgehead atoms. The molecule has 0 radical (unpaired) electrons. The van der Waals surface area contributed by atoms with Crippen LogP contribution >= 0.6 is 0 Å². The maximum atomic E-state index is 12.0. The Hall–Kier alpha value is -1.95. The van der Waals surface area contributed by atoms with Crippen molar-refractivity contribution in [2.75, 3.05) is 26.3 Å². The van der Waals surface area contributed by atoms with Gasteiger partial charge in [0.15, 0.2) is 0 Å². The predicted molar refractivity (Wildman–Crippen MR) is 68.8 cm³/mol. The van der Waals surface area contributed by atoms with Crippen molar-refractivity contribution in [1.29, 1.82) is 0 Å². The Kier molecular flexibility index (Phi) is 4.46. The highest BCUT2D eigenvalue weighted by molar-refractivity contribution is 5.76. The molecule has 0 spiro atoms. The van der Waals surface area contributed by atoms with Crippen molar-refractivity contribution in [3.63, 3.8) is 0 Å². The SMILES string of the molecule is O=C(CCc1ccccc1[N+](=O)[O-])N1CCOCC1. The molecule has 1 aromatic carbocycles. The monoisotopic (exact) mass is 264 g/mol. The molecule has 1 aliphatic rings. The van der Waals surface area contributed by atoms with Crippen molar-refractivity contribution in [2.45, 2.75) is 12.8 Å². The molecule has 0 saturated carbocycles. The number of nitro benzene ring substituents is 1. The zero-order valence-corrected chi connectivity index (χ0v) is 10.6. The molecule has 0 atom stereocenters. The Morgan fingerprint density at radius 2 is 2.00 bits per heavy atom. The van der Waals surface area contributed by atoms with Crippen molar-refractivity contribution in [2.24, 2.45) is 0 Å². The summed E-state index contributed by atoms with van der Waals surface area (Å²) in [5.41, 5.74) is 0.686. The molecule has 0 N–H and O–H groups in total. The van der Waals surface area contributed by atoms with Gasteiger partial charge < -0.3 is 9.64 Å². The second-order valence-corrected chi connectivity index (χ2v) is 4.38. The maximum absolute atomic E-state index is 12.0. The zero-order valence-electron chi connectivity index (χ0n) is 10.6. The van der Waals surface area contributed by atoms with Gasteiger partial charge in [-0.3, -0.25) is 14.9 Å². The fraction of sp³-hybridized carbons (Fsp3) is 0.462. The van der Waals surface area contributed by atoms with E-state index in [9.17, 15) is 14.9 Å². The lowest BCUT2D eigenvalue weighted by atomic mass is 10.1. The number of hydrogen-bond acceptors (Lipinski definition) is 4. The fourth-order valence-corrected chi connectivity index (χ4v) is 2.11. The number of morpholine rings is 1.